The van der Waals surface area contributed by atoms with Gasteiger partial charge in [0, 0.05) is 36.6 Å². The topological polar surface area (TPSA) is 74.4 Å². The maximum atomic E-state index is 10.7. The first kappa shape index (κ1) is 13.3. The lowest BCUT2D eigenvalue weighted by Gasteiger charge is -2.47. The van der Waals surface area contributed by atoms with Crippen molar-refractivity contribution in [1.29, 1.82) is 0 Å². The Balaban J connectivity index is 1.61. The van der Waals surface area contributed by atoms with E-state index < -0.39 is 0 Å². The molecule has 2 aliphatic rings. The van der Waals surface area contributed by atoms with Crippen LogP contribution in [0, 0.1) is 5.92 Å². The standard InChI is InChI=1S/C13H22N4OS/c14-16-12-15-7-11(19-12)9-17-6-5-13(18)4-2-1-3-10(13)8-17/h7,10,18H,1-6,8-9,14H2,(H,15,16). The summed E-state index contributed by atoms with van der Waals surface area (Å²) in [6.45, 7) is 2.92. The summed E-state index contributed by atoms with van der Waals surface area (Å²) in [6, 6.07) is 0. The maximum Gasteiger partial charge on any atom is 0.197 e. The van der Waals surface area contributed by atoms with Gasteiger partial charge in [-0.3, -0.25) is 10.3 Å². The fraction of sp³-hybridized carbons (Fsp3) is 0.769. The van der Waals surface area contributed by atoms with E-state index in [0.717, 1.165) is 37.6 Å². The van der Waals surface area contributed by atoms with Crippen molar-refractivity contribution in [2.75, 3.05) is 18.5 Å². The third-order valence-corrected chi connectivity index (χ3v) is 5.48. The minimum Gasteiger partial charge on any atom is -0.390 e. The molecule has 5 nitrogen and oxygen atoms in total. The zero-order chi connectivity index (χ0) is 13.3. The Bertz CT molecular complexity index is 438. The van der Waals surface area contributed by atoms with E-state index in [1.54, 1.807) is 11.3 Å². The molecule has 2 unspecified atom stereocenters. The van der Waals surface area contributed by atoms with Crippen LogP contribution in [0.4, 0.5) is 5.13 Å². The summed E-state index contributed by atoms with van der Waals surface area (Å²) < 4.78 is 0. The lowest BCUT2D eigenvalue weighted by atomic mass is 9.71. The first-order chi connectivity index (χ1) is 9.19. The quantitative estimate of drug-likeness (QED) is 0.579. The summed E-state index contributed by atoms with van der Waals surface area (Å²) in [5.74, 6) is 5.81. The van der Waals surface area contributed by atoms with E-state index in [0.29, 0.717) is 5.92 Å². The van der Waals surface area contributed by atoms with Crippen LogP contribution in [0.3, 0.4) is 0 Å². The first-order valence-electron chi connectivity index (χ1n) is 7.06. The Hall–Kier alpha value is -0.690. The fourth-order valence-electron chi connectivity index (χ4n) is 3.45. The minimum atomic E-state index is -0.383. The molecule has 3 rings (SSSR count). The molecule has 0 bridgehead atoms. The Kier molecular flexibility index (Phi) is 3.75. The van der Waals surface area contributed by atoms with Crippen molar-refractivity contribution in [2.45, 2.75) is 44.2 Å². The molecule has 106 valence electrons. The second-order valence-electron chi connectivity index (χ2n) is 5.81. The molecule has 0 aromatic carbocycles. The van der Waals surface area contributed by atoms with Crippen LogP contribution in [0.5, 0.6) is 0 Å². The number of aromatic nitrogens is 1. The van der Waals surface area contributed by atoms with Gasteiger partial charge in [0.25, 0.3) is 0 Å². The zero-order valence-corrected chi connectivity index (χ0v) is 12.0. The van der Waals surface area contributed by atoms with E-state index in [9.17, 15) is 5.11 Å². The first-order valence-corrected chi connectivity index (χ1v) is 7.87. The van der Waals surface area contributed by atoms with E-state index in [-0.39, 0.29) is 5.60 Å². The lowest BCUT2D eigenvalue weighted by molar-refractivity contribution is -0.0966. The summed E-state index contributed by atoms with van der Waals surface area (Å²) >= 11 is 1.60. The normalized spacial score (nSPS) is 32.0. The van der Waals surface area contributed by atoms with Gasteiger partial charge in [0.1, 0.15) is 0 Å². The molecular weight excluding hydrogens is 260 g/mol. The van der Waals surface area contributed by atoms with Gasteiger partial charge in [-0.1, -0.05) is 24.2 Å². The molecule has 2 heterocycles. The highest BCUT2D eigenvalue weighted by Gasteiger charge is 2.42. The monoisotopic (exact) mass is 282 g/mol. The second kappa shape index (κ2) is 5.36. The van der Waals surface area contributed by atoms with Crippen molar-refractivity contribution >= 4 is 16.5 Å². The number of fused-ring (bicyclic) bond motifs is 1. The molecule has 2 atom stereocenters. The van der Waals surface area contributed by atoms with Gasteiger partial charge in [-0.2, -0.15) is 0 Å². The van der Waals surface area contributed by atoms with Crippen molar-refractivity contribution in [3.05, 3.63) is 11.1 Å². The van der Waals surface area contributed by atoms with Crippen LogP contribution in [0.25, 0.3) is 0 Å². The smallest absolute Gasteiger partial charge is 0.197 e. The van der Waals surface area contributed by atoms with Gasteiger partial charge in [0.05, 0.1) is 5.60 Å². The molecule has 1 saturated carbocycles. The molecule has 6 heteroatoms. The molecular formula is C13H22N4OS. The van der Waals surface area contributed by atoms with E-state index in [2.05, 4.69) is 15.3 Å². The van der Waals surface area contributed by atoms with Gasteiger partial charge in [-0.15, -0.1) is 0 Å². The average Bonchev–Trinajstić information content (AvgIpc) is 2.87. The average molecular weight is 282 g/mol. The van der Waals surface area contributed by atoms with E-state index >= 15 is 0 Å². The number of anilines is 1. The Labute approximate surface area is 117 Å². The van der Waals surface area contributed by atoms with Crippen molar-refractivity contribution in [3.8, 4) is 0 Å². The summed E-state index contributed by atoms with van der Waals surface area (Å²) in [7, 11) is 0. The fourth-order valence-corrected chi connectivity index (χ4v) is 4.22. The molecule has 4 N–H and O–H groups in total. The predicted octanol–water partition coefficient (Wildman–Crippen LogP) is 1.56. The van der Waals surface area contributed by atoms with Crippen molar-refractivity contribution in [2.24, 2.45) is 11.8 Å². The number of thiazole rings is 1. The highest BCUT2D eigenvalue weighted by Crippen LogP contribution is 2.40. The molecule has 1 aliphatic carbocycles. The number of piperidine rings is 1. The Morgan fingerprint density at radius 1 is 1.53 bits per heavy atom. The van der Waals surface area contributed by atoms with Gasteiger partial charge < -0.3 is 5.11 Å². The largest absolute Gasteiger partial charge is 0.390 e. The van der Waals surface area contributed by atoms with E-state index in [1.807, 2.05) is 6.20 Å². The highest BCUT2D eigenvalue weighted by molar-refractivity contribution is 7.15. The lowest BCUT2D eigenvalue weighted by Crippen LogP contribution is -2.52. The van der Waals surface area contributed by atoms with Crippen molar-refractivity contribution in [3.63, 3.8) is 0 Å². The van der Waals surface area contributed by atoms with Gasteiger partial charge in [0.2, 0.25) is 0 Å². The number of rotatable bonds is 3. The second-order valence-corrected chi connectivity index (χ2v) is 6.92. The number of nitrogens with zero attached hydrogens (tertiary/aromatic N) is 2. The maximum absolute atomic E-state index is 10.7. The molecule has 1 saturated heterocycles. The molecule has 2 fully saturated rings. The van der Waals surface area contributed by atoms with Crippen LogP contribution >= 0.6 is 11.3 Å². The van der Waals surface area contributed by atoms with Crippen LogP contribution in [-0.2, 0) is 6.54 Å². The van der Waals surface area contributed by atoms with Gasteiger partial charge in [0.15, 0.2) is 5.13 Å². The third kappa shape index (κ3) is 2.76. The number of nitrogens with two attached hydrogens (primary N) is 1. The molecule has 0 spiro atoms. The van der Waals surface area contributed by atoms with Crippen LogP contribution in [-0.4, -0.2) is 33.7 Å². The van der Waals surface area contributed by atoms with Crippen LogP contribution in [0.15, 0.2) is 6.20 Å². The van der Waals surface area contributed by atoms with E-state index in [1.165, 1.54) is 24.1 Å². The SMILES string of the molecule is NNc1ncc(CN2CCC3(O)CCCCC3C2)s1. The van der Waals surface area contributed by atoms with Crippen LogP contribution in [0.2, 0.25) is 0 Å². The summed E-state index contributed by atoms with van der Waals surface area (Å²) in [6.07, 6.45) is 7.43. The third-order valence-electron chi connectivity index (χ3n) is 4.57. The highest BCUT2D eigenvalue weighted by atomic mass is 32.1. The zero-order valence-electron chi connectivity index (χ0n) is 11.1. The molecule has 0 amide bonds. The molecule has 1 aromatic heterocycles. The number of nitrogen functional groups attached to an aromatic ring is 1. The van der Waals surface area contributed by atoms with Crippen molar-refractivity contribution < 1.29 is 5.11 Å². The summed E-state index contributed by atoms with van der Waals surface area (Å²) in [4.78, 5) is 7.88. The number of likely N-dealkylation sites (tertiary alicyclic amines) is 1. The van der Waals surface area contributed by atoms with Crippen LogP contribution in [0.1, 0.15) is 37.0 Å². The number of nitrogens with one attached hydrogen (secondary N) is 1. The van der Waals surface area contributed by atoms with E-state index in [4.69, 9.17) is 5.84 Å². The Morgan fingerprint density at radius 2 is 2.42 bits per heavy atom. The minimum absolute atomic E-state index is 0.383. The van der Waals surface area contributed by atoms with Gasteiger partial charge >= 0.3 is 0 Å². The van der Waals surface area contributed by atoms with Crippen LogP contribution < -0.4 is 11.3 Å². The van der Waals surface area contributed by atoms with Gasteiger partial charge in [-0.05, 0) is 19.3 Å². The molecule has 1 aliphatic heterocycles. The number of hydrogen-bond donors (Lipinski definition) is 3. The number of hydrazine groups is 1. The molecule has 1 aromatic rings. The molecule has 19 heavy (non-hydrogen) atoms. The van der Waals surface area contributed by atoms with Crippen molar-refractivity contribution in [1.82, 2.24) is 9.88 Å². The Morgan fingerprint density at radius 3 is 3.21 bits per heavy atom. The number of hydrogen-bond acceptors (Lipinski definition) is 6. The van der Waals surface area contributed by atoms with Gasteiger partial charge in [-0.25, -0.2) is 10.8 Å². The summed E-state index contributed by atoms with van der Waals surface area (Å²) in [5.41, 5.74) is 2.20. The summed E-state index contributed by atoms with van der Waals surface area (Å²) in [5, 5.41) is 11.4. The number of aliphatic hydroxyl groups is 1. The predicted molar refractivity (Wildman–Crippen MR) is 76.7 cm³/mol. The molecule has 0 radical (unpaired) electrons.